The Hall–Kier alpha value is -3.52. The third-order valence-electron chi connectivity index (χ3n) is 5.57. The molecule has 1 aliphatic carbocycles. The van der Waals surface area contributed by atoms with Crippen LogP contribution >= 0.6 is 0 Å². The van der Waals surface area contributed by atoms with Crippen molar-refractivity contribution in [1.82, 2.24) is 9.97 Å². The number of nitrogens with one attached hydrogen (secondary N) is 1. The zero-order valence-corrected chi connectivity index (χ0v) is 17.6. The molecule has 0 saturated carbocycles. The minimum Gasteiger partial charge on any atom is -0.433 e. The predicted octanol–water partition coefficient (Wildman–Crippen LogP) is 5.09. The number of benzene rings is 2. The third kappa shape index (κ3) is 4.01. The molecule has 0 amide bonds. The number of anilines is 3. The van der Waals surface area contributed by atoms with Gasteiger partial charge in [0.25, 0.3) is 5.88 Å². The number of hydrogen-bond donors (Lipinski definition) is 1. The van der Waals surface area contributed by atoms with E-state index in [1.807, 2.05) is 31.2 Å². The van der Waals surface area contributed by atoms with Crippen molar-refractivity contribution in [3.05, 3.63) is 71.1 Å². The lowest BCUT2D eigenvalue weighted by Crippen LogP contribution is -2.36. The fourth-order valence-electron chi connectivity index (χ4n) is 3.93. The summed E-state index contributed by atoms with van der Waals surface area (Å²) in [6.07, 6.45) is 3.66. The Morgan fingerprint density at radius 2 is 1.78 bits per heavy atom. The van der Waals surface area contributed by atoms with E-state index in [0.717, 1.165) is 29.9 Å². The van der Waals surface area contributed by atoms with E-state index in [2.05, 4.69) is 20.2 Å². The smallest absolute Gasteiger partial charge is 0.261 e. The van der Waals surface area contributed by atoms with Gasteiger partial charge in [0.2, 0.25) is 5.82 Å². The first-order chi connectivity index (χ1) is 15.6. The van der Waals surface area contributed by atoms with Gasteiger partial charge in [-0.2, -0.15) is 9.37 Å². The highest BCUT2D eigenvalue weighted by Gasteiger charge is 2.21. The van der Waals surface area contributed by atoms with Crippen LogP contribution in [0.25, 0.3) is 6.08 Å². The molecule has 1 N–H and O–H groups in total. The lowest BCUT2D eigenvalue weighted by Gasteiger charge is -2.28. The van der Waals surface area contributed by atoms with Crippen molar-refractivity contribution in [3.8, 4) is 11.6 Å². The van der Waals surface area contributed by atoms with Crippen LogP contribution in [0.1, 0.15) is 18.1 Å². The van der Waals surface area contributed by atoms with Crippen molar-refractivity contribution >= 4 is 23.3 Å². The van der Waals surface area contributed by atoms with Gasteiger partial charge in [0.1, 0.15) is 6.33 Å². The number of morpholine rings is 1. The van der Waals surface area contributed by atoms with Crippen LogP contribution in [0.3, 0.4) is 0 Å². The van der Waals surface area contributed by atoms with E-state index in [0.29, 0.717) is 30.9 Å². The number of ether oxygens (including phenoxy) is 2. The molecule has 1 saturated heterocycles. The van der Waals surface area contributed by atoms with E-state index in [9.17, 15) is 4.39 Å². The highest BCUT2D eigenvalue weighted by molar-refractivity contribution is 5.66. The van der Waals surface area contributed by atoms with Gasteiger partial charge in [-0.15, -0.1) is 0 Å². The molecule has 5 rings (SSSR count). The zero-order chi connectivity index (χ0) is 22.1. The standard InChI is InChI=1S/C24H22F2N4O2/c1-15-12-16-2-7-20(21(25)19(16)13-15)32-24-22(26)23(27-14-28-24)29-17-3-5-18(6-4-17)30-8-10-31-11-9-30/h2-7,13-14H,8-12H2,1H3,(H,27,28,29). The number of nitrogens with zero attached hydrogens (tertiary/aromatic N) is 3. The highest BCUT2D eigenvalue weighted by atomic mass is 19.1. The summed E-state index contributed by atoms with van der Waals surface area (Å²) >= 11 is 0. The third-order valence-corrected chi connectivity index (χ3v) is 5.57. The van der Waals surface area contributed by atoms with Crippen LogP contribution < -0.4 is 15.0 Å². The summed E-state index contributed by atoms with van der Waals surface area (Å²) in [5.74, 6) is -1.79. The molecule has 1 aromatic heterocycles. The molecule has 164 valence electrons. The Bertz CT molecular complexity index is 1180. The zero-order valence-electron chi connectivity index (χ0n) is 17.6. The Kier molecular flexibility index (Phi) is 5.45. The molecular weight excluding hydrogens is 414 g/mol. The maximum atomic E-state index is 15.0. The number of hydrogen-bond acceptors (Lipinski definition) is 6. The minimum absolute atomic E-state index is 0.0496. The molecule has 8 heteroatoms. The van der Waals surface area contributed by atoms with Crippen LogP contribution in [0.4, 0.5) is 26.0 Å². The fourth-order valence-corrected chi connectivity index (χ4v) is 3.93. The first-order valence-corrected chi connectivity index (χ1v) is 10.4. The van der Waals surface area contributed by atoms with Crippen molar-refractivity contribution < 1.29 is 18.3 Å². The average Bonchev–Trinajstić information content (AvgIpc) is 3.20. The second kappa shape index (κ2) is 8.55. The largest absolute Gasteiger partial charge is 0.433 e. The van der Waals surface area contributed by atoms with Gasteiger partial charge in [-0.05, 0) is 49.2 Å². The Morgan fingerprint density at radius 1 is 1.00 bits per heavy atom. The van der Waals surface area contributed by atoms with Crippen molar-refractivity contribution in [2.75, 3.05) is 36.5 Å². The normalized spacial score (nSPS) is 15.3. The molecule has 32 heavy (non-hydrogen) atoms. The molecule has 2 aromatic carbocycles. The minimum atomic E-state index is -0.795. The van der Waals surface area contributed by atoms with Crippen LogP contribution in [0.15, 0.2) is 48.3 Å². The summed E-state index contributed by atoms with van der Waals surface area (Å²) < 4.78 is 40.7. The molecule has 0 atom stereocenters. The summed E-state index contributed by atoms with van der Waals surface area (Å²) in [5, 5.41) is 2.94. The van der Waals surface area contributed by atoms with Gasteiger partial charge in [0, 0.05) is 30.0 Å². The molecule has 6 nitrogen and oxygen atoms in total. The monoisotopic (exact) mass is 436 g/mol. The summed E-state index contributed by atoms with van der Waals surface area (Å²) in [7, 11) is 0. The second-order valence-electron chi connectivity index (χ2n) is 7.83. The van der Waals surface area contributed by atoms with Gasteiger partial charge in [-0.3, -0.25) is 0 Å². The van der Waals surface area contributed by atoms with Crippen molar-refractivity contribution in [2.24, 2.45) is 0 Å². The van der Waals surface area contributed by atoms with Gasteiger partial charge in [-0.1, -0.05) is 17.7 Å². The van der Waals surface area contributed by atoms with Gasteiger partial charge >= 0.3 is 0 Å². The molecule has 1 fully saturated rings. The highest BCUT2D eigenvalue weighted by Crippen LogP contribution is 2.35. The number of fused-ring (bicyclic) bond motifs is 1. The molecule has 1 aliphatic heterocycles. The predicted molar refractivity (Wildman–Crippen MR) is 119 cm³/mol. The number of aromatic nitrogens is 2. The lowest BCUT2D eigenvalue weighted by molar-refractivity contribution is 0.122. The Balaban J connectivity index is 1.34. The van der Waals surface area contributed by atoms with Gasteiger partial charge < -0.3 is 19.7 Å². The molecule has 3 aromatic rings. The summed E-state index contributed by atoms with van der Waals surface area (Å²) in [5.41, 5.74) is 4.17. The van der Waals surface area contributed by atoms with E-state index in [1.165, 1.54) is 12.4 Å². The van der Waals surface area contributed by atoms with Gasteiger partial charge in [-0.25, -0.2) is 9.37 Å². The molecule has 0 bridgehead atoms. The molecular formula is C24H22F2N4O2. The summed E-state index contributed by atoms with van der Waals surface area (Å²) in [4.78, 5) is 10.1. The lowest BCUT2D eigenvalue weighted by atomic mass is 10.1. The molecule has 0 unspecified atom stereocenters. The van der Waals surface area contributed by atoms with Crippen LogP contribution in [-0.2, 0) is 11.2 Å². The van der Waals surface area contributed by atoms with Crippen LogP contribution in [0, 0.1) is 11.6 Å². The quantitative estimate of drug-likeness (QED) is 0.602. The first kappa shape index (κ1) is 20.4. The van der Waals surface area contributed by atoms with E-state index >= 15 is 4.39 Å². The Labute approximate surface area is 184 Å². The maximum Gasteiger partial charge on any atom is 0.261 e. The Morgan fingerprint density at radius 3 is 2.56 bits per heavy atom. The topological polar surface area (TPSA) is 59.5 Å². The molecule has 2 aliphatic rings. The van der Waals surface area contributed by atoms with Crippen molar-refractivity contribution in [1.29, 1.82) is 0 Å². The van der Waals surface area contributed by atoms with Gasteiger partial charge in [0.15, 0.2) is 17.4 Å². The van der Waals surface area contributed by atoms with Gasteiger partial charge in [0.05, 0.1) is 13.2 Å². The van der Waals surface area contributed by atoms with Crippen LogP contribution in [-0.4, -0.2) is 36.3 Å². The number of allylic oxidation sites excluding steroid dienone is 1. The number of rotatable bonds is 5. The second-order valence-corrected chi connectivity index (χ2v) is 7.83. The van der Waals surface area contributed by atoms with E-state index in [1.54, 1.807) is 12.1 Å². The first-order valence-electron chi connectivity index (χ1n) is 10.4. The number of halogens is 2. The SMILES string of the molecule is CC1=Cc2c(ccc(Oc3ncnc(Nc4ccc(N5CCOCC5)cc4)c3F)c2F)C1. The summed E-state index contributed by atoms with van der Waals surface area (Å²) in [6.45, 7) is 5.02. The van der Waals surface area contributed by atoms with E-state index in [4.69, 9.17) is 9.47 Å². The molecule has 0 radical (unpaired) electrons. The van der Waals surface area contributed by atoms with Crippen LogP contribution in [0.2, 0.25) is 0 Å². The maximum absolute atomic E-state index is 15.0. The fraction of sp³-hybridized carbons (Fsp3) is 0.250. The molecule has 2 heterocycles. The van der Waals surface area contributed by atoms with Crippen molar-refractivity contribution in [3.63, 3.8) is 0 Å². The molecule has 0 spiro atoms. The van der Waals surface area contributed by atoms with Crippen molar-refractivity contribution in [2.45, 2.75) is 13.3 Å². The summed E-state index contributed by atoms with van der Waals surface area (Å²) in [6, 6.07) is 10.9. The average molecular weight is 436 g/mol. The van der Waals surface area contributed by atoms with E-state index < -0.39 is 11.6 Å². The van der Waals surface area contributed by atoms with E-state index in [-0.39, 0.29) is 17.4 Å². The van der Waals surface area contributed by atoms with Crippen LogP contribution in [0.5, 0.6) is 11.6 Å².